The van der Waals surface area contributed by atoms with E-state index in [1.54, 1.807) is 6.07 Å². The van der Waals surface area contributed by atoms with Crippen LogP contribution < -0.4 is 5.32 Å². The normalized spacial score (nSPS) is 22.1. The average Bonchev–Trinajstić information content (AvgIpc) is 2.89. The Morgan fingerprint density at radius 2 is 2.32 bits per heavy atom. The lowest BCUT2D eigenvalue weighted by Gasteiger charge is -2.07. The van der Waals surface area contributed by atoms with Crippen LogP contribution >= 0.6 is 11.3 Å². The van der Waals surface area contributed by atoms with Crippen LogP contribution in [0.5, 0.6) is 0 Å². The first-order chi connectivity index (χ1) is 9.02. The summed E-state index contributed by atoms with van der Waals surface area (Å²) < 4.78 is 36.5. The second kappa shape index (κ2) is 4.81. The molecule has 3 rings (SSSR count). The Labute approximate surface area is 114 Å². The van der Waals surface area contributed by atoms with Crippen molar-refractivity contribution in [2.75, 3.05) is 11.5 Å². The number of rotatable bonds is 3. The Morgan fingerprint density at radius 1 is 1.47 bits per heavy atom. The second-order valence-electron chi connectivity index (χ2n) is 4.70. The highest BCUT2D eigenvalue weighted by molar-refractivity contribution is 7.91. The summed E-state index contributed by atoms with van der Waals surface area (Å²) in [5.74, 6) is 0.194. The van der Waals surface area contributed by atoms with E-state index in [0.717, 1.165) is 15.2 Å². The predicted molar refractivity (Wildman–Crippen MR) is 73.5 cm³/mol. The molecule has 1 saturated heterocycles. The first kappa shape index (κ1) is 13.0. The van der Waals surface area contributed by atoms with Crippen molar-refractivity contribution in [3.05, 3.63) is 29.0 Å². The fraction of sp³-hybridized carbons (Fsp3) is 0.417. The van der Waals surface area contributed by atoms with Gasteiger partial charge in [-0.15, -0.1) is 11.3 Å². The van der Waals surface area contributed by atoms with Crippen molar-refractivity contribution in [1.29, 1.82) is 0 Å². The van der Waals surface area contributed by atoms with Crippen LogP contribution in [0.15, 0.2) is 18.2 Å². The molecule has 0 radical (unpaired) electrons. The molecular formula is C12H13FN2O2S2. The Morgan fingerprint density at radius 3 is 3.05 bits per heavy atom. The van der Waals surface area contributed by atoms with Gasteiger partial charge in [0.1, 0.15) is 10.8 Å². The maximum Gasteiger partial charge on any atom is 0.151 e. The van der Waals surface area contributed by atoms with Gasteiger partial charge >= 0.3 is 0 Å². The molecule has 0 amide bonds. The molecule has 19 heavy (non-hydrogen) atoms. The van der Waals surface area contributed by atoms with Gasteiger partial charge in [0.25, 0.3) is 0 Å². The van der Waals surface area contributed by atoms with Gasteiger partial charge in [0.15, 0.2) is 9.84 Å². The third-order valence-corrected chi connectivity index (χ3v) is 5.96. The van der Waals surface area contributed by atoms with E-state index in [1.807, 2.05) is 0 Å². The molecule has 1 N–H and O–H groups in total. The zero-order chi connectivity index (χ0) is 13.5. The van der Waals surface area contributed by atoms with Crippen LogP contribution in [0.25, 0.3) is 10.2 Å². The standard InChI is InChI=1S/C12H13FN2O2S2/c13-8-1-2-10-11(5-8)18-12(15-10)6-14-9-3-4-19(16,17)7-9/h1-2,5,9,14H,3-4,6-7H2. The van der Waals surface area contributed by atoms with Crippen molar-refractivity contribution in [2.45, 2.75) is 19.0 Å². The van der Waals surface area contributed by atoms with Crippen LogP contribution in [0, 0.1) is 5.82 Å². The number of nitrogens with zero attached hydrogens (tertiary/aromatic N) is 1. The van der Waals surface area contributed by atoms with Gasteiger partial charge in [-0.25, -0.2) is 17.8 Å². The van der Waals surface area contributed by atoms with Gasteiger partial charge in [-0.05, 0) is 24.6 Å². The molecule has 7 heteroatoms. The predicted octanol–water partition coefficient (Wildman–Crippen LogP) is 1.71. The Balaban J connectivity index is 1.69. The van der Waals surface area contributed by atoms with Crippen molar-refractivity contribution in [1.82, 2.24) is 10.3 Å². The minimum atomic E-state index is -2.86. The van der Waals surface area contributed by atoms with E-state index < -0.39 is 9.84 Å². The van der Waals surface area contributed by atoms with Gasteiger partial charge in [-0.1, -0.05) is 0 Å². The van der Waals surface area contributed by atoms with Crippen molar-refractivity contribution in [2.24, 2.45) is 0 Å². The number of thiazole rings is 1. The van der Waals surface area contributed by atoms with Crippen LogP contribution in [0.2, 0.25) is 0 Å². The maximum atomic E-state index is 13.1. The number of fused-ring (bicyclic) bond motifs is 1. The molecule has 1 atom stereocenters. The topological polar surface area (TPSA) is 59.1 Å². The first-order valence-corrected chi connectivity index (χ1v) is 8.64. The highest BCUT2D eigenvalue weighted by atomic mass is 32.2. The second-order valence-corrected chi connectivity index (χ2v) is 8.04. The molecule has 1 fully saturated rings. The molecule has 2 heterocycles. The molecule has 0 saturated carbocycles. The Bertz CT molecular complexity index is 712. The third-order valence-electron chi connectivity index (χ3n) is 3.17. The number of nitrogens with one attached hydrogen (secondary N) is 1. The van der Waals surface area contributed by atoms with E-state index >= 15 is 0 Å². The number of hydrogen-bond acceptors (Lipinski definition) is 5. The van der Waals surface area contributed by atoms with E-state index in [4.69, 9.17) is 0 Å². The van der Waals surface area contributed by atoms with Gasteiger partial charge in [-0.2, -0.15) is 0 Å². The van der Waals surface area contributed by atoms with Gasteiger partial charge in [0, 0.05) is 12.6 Å². The molecule has 0 bridgehead atoms. The minimum absolute atomic E-state index is 0.00810. The zero-order valence-electron chi connectivity index (χ0n) is 10.1. The number of hydrogen-bond donors (Lipinski definition) is 1. The number of halogens is 1. The molecule has 0 spiro atoms. The zero-order valence-corrected chi connectivity index (χ0v) is 11.7. The highest BCUT2D eigenvalue weighted by Crippen LogP contribution is 2.23. The molecule has 1 aromatic heterocycles. The van der Waals surface area contributed by atoms with E-state index in [2.05, 4.69) is 10.3 Å². The minimum Gasteiger partial charge on any atom is -0.307 e. The summed E-state index contributed by atoms with van der Waals surface area (Å²) in [4.78, 5) is 4.39. The fourth-order valence-electron chi connectivity index (χ4n) is 2.21. The Hall–Kier alpha value is -1.05. The van der Waals surface area contributed by atoms with Crippen molar-refractivity contribution in [3.8, 4) is 0 Å². The van der Waals surface area contributed by atoms with Gasteiger partial charge in [0.05, 0.1) is 21.7 Å². The van der Waals surface area contributed by atoms with Crippen LogP contribution in [0.3, 0.4) is 0 Å². The van der Waals surface area contributed by atoms with E-state index in [1.165, 1.54) is 23.5 Å². The van der Waals surface area contributed by atoms with Gasteiger partial charge in [-0.3, -0.25) is 0 Å². The lowest BCUT2D eigenvalue weighted by atomic mass is 10.3. The SMILES string of the molecule is O=S1(=O)CCC(NCc2nc3ccc(F)cc3s2)C1. The van der Waals surface area contributed by atoms with E-state index in [9.17, 15) is 12.8 Å². The van der Waals surface area contributed by atoms with Crippen LogP contribution in [0.1, 0.15) is 11.4 Å². The molecule has 1 aliphatic rings. The molecule has 4 nitrogen and oxygen atoms in total. The maximum absolute atomic E-state index is 13.1. The van der Waals surface area contributed by atoms with Crippen LogP contribution in [-0.2, 0) is 16.4 Å². The van der Waals surface area contributed by atoms with Crippen LogP contribution in [0.4, 0.5) is 4.39 Å². The molecule has 102 valence electrons. The summed E-state index contributed by atoms with van der Waals surface area (Å²) in [5, 5.41) is 4.06. The summed E-state index contributed by atoms with van der Waals surface area (Å²) in [5.41, 5.74) is 0.780. The number of benzene rings is 1. The first-order valence-electron chi connectivity index (χ1n) is 6.01. The molecule has 1 unspecified atom stereocenters. The lowest BCUT2D eigenvalue weighted by Crippen LogP contribution is -2.29. The monoisotopic (exact) mass is 300 g/mol. The summed E-state index contributed by atoms with van der Waals surface area (Å²) >= 11 is 1.43. The largest absolute Gasteiger partial charge is 0.307 e. The Kier molecular flexibility index (Phi) is 3.28. The third kappa shape index (κ3) is 2.93. The molecule has 1 aromatic carbocycles. The van der Waals surface area contributed by atoms with Crippen LogP contribution in [-0.4, -0.2) is 30.9 Å². The summed E-state index contributed by atoms with van der Waals surface area (Å²) in [6.07, 6.45) is 0.655. The summed E-state index contributed by atoms with van der Waals surface area (Å²) in [6, 6.07) is 4.53. The summed E-state index contributed by atoms with van der Waals surface area (Å²) in [6.45, 7) is 0.529. The van der Waals surface area contributed by atoms with Gasteiger partial charge < -0.3 is 5.32 Å². The highest BCUT2D eigenvalue weighted by Gasteiger charge is 2.27. The smallest absolute Gasteiger partial charge is 0.151 e. The van der Waals surface area contributed by atoms with E-state index in [-0.39, 0.29) is 23.4 Å². The average molecular weight is 300 g/mol. The molecule has 1 aliphatic heterocycles. The quantitative estimate of drug-likeness (QED) is 0.937. The van der Waals surface area contributed by atoms with Gasteiger partial charge in [0.2, 0.25) is 0 Å². The molecular weight excluding hydrogens is 287 g/mol. The van der Waals surface area contributed by atoms with Crippen molar-refractivity contribution >= 4 is 31.4 Å². The molecule has 2 aromatic rings. The summed E-state index contributed by atoms with van der Waals surface area (Å²) in [7, 11) is -2.86. The fourth-order valence-corrected chi connectivity index (χ4v) is 4.86. The molecule has 0 aliphatic carbocycles. The van der Waals surface area contributed by atoms with Crippen molar-refractivity contribution in [3.63, 3.8) is 0 Å². The lowest BCUT2D eigenvalue weighted by molar-refractivity contribution is 0.553. The number of aromatic nitrogens is 1. The number of sulfone groups is 1. The van der Waals surface area contributed by atoms with E-state index in [0.29, 0.717) is 13.0 Å². The van der Waals surface area contributed by atoms with Crippen molar-refractivity contribution < 1.29 is 12.8 Å².